The van der Waals surface area contributed by atoms with Gasteiger partial charge in [0.2, 0.25) is 0 Å². The molecule has 0 aliphatic carbocycles. The summed E-state index contributed by atoms with van der Waals surface area (Å²) in [5.74, 6) is 0.314. The van der Waals surface area contributed by atoms with E-state index in [1.807, 2.05) is 13.8 Å². The van der Waals surface area contributed by atoms with Crippen LogP contribution in [-0.4, -0.2) is 26.3 Å². The molecule has 2 N–H and O–H groups in total. The van der Waals surface area contributed by atoms with Gasteiger partial charge in [-0.05, 0) is 22.9 Å². The smallest absolute Gasteiger partial charge is 0.252 e. The fourth-order valence-corrected chi connectivity index (χ4v) is 4.13. The maximum Gasteiger partial charge on any atom is 0.252 e. The van der Waals surface area contributed by atoms with E-state index in [0.717, 1.165) is 5.56 Å². The van der Waals surface area contributed by atoms with Crippen molar-refractivity contribution in [3.05, 3.63) is 17.0 Å². The number of nitrogens with zero attached hydrogens (tertiary/aromatic N) is 1. The molecule has 1 aromatic rings. The maximum atomic E-state index is 12.1. The summed E-state index contributed by atoms with van der Waals surface area (Å²) in [7, 11) is -1.72. The van der Waals surface area contributed by atoms with Crippen molar-refractivity contribution >= 4 is 21.4 Å². The van der Waals surface area contributed by atoms with E-state index in [9.17, 15) is 8.42 Å². The lowest BCUT2D eigenvalue weighted by molar-refractivity contribution is 0.418. The van der Waals surface area contributed by atoms with Crippen molar-refractivity contribution in [3.8, 4) is 0 Å². The van der Waals surface area contributed by atoms with Crippen molar-refractivity contribution in [2.75, 3.05) is 13.6 Å². The summed E-state index contributed by atoms with van der Waals surface area (Å²) < 4.78 is 25.9. The molecule has 0 bridgehead atoms. The third-order valence-corrected chi connectivity index (χ3v) is 5.44. The molecule has 0 aromatic carbocycles. The Morgan fingerprint density at radius 3 is 2.56 bits per heavy atom. The van der Waals surface area contributed by atoms with Crippen LogP contribution in [-0.2, 0) is 16.6 Å². The summed E-state index contributed by atoms with van der Waals surface area (Å²) in [5, 5.41) is 1.79. The first-order chi connectivity index (χ1) is 7.37. The molecule has 0 aliphatic heterocycles. The molecule has 4 nitrogen and oxygen atoms in total. The van der Waals surface area contributed by atoms with Crippen LogP contribution in [0.25, 0.3) is 0 Å². The van der Waals surface area contributed by atoms with Gasteiger partial charge in [-0.15, -0.1) is 11.3 Å². The number of nitrogens with two attached hydrogens (primary N) is 1. The van der Waals surface area contributed by atoms with Crippen LogP contribution in [0.4, 0.5) is 0 Å². The van der Waals surface area contributed by atoms with E-state index < -0.39 is 10.0 Å². The van der Waals surface area contributed by atoms with Gasteiger partial charge in [-0.1, -0.05) is 13.8 Å². The van der Waals surface area contributed by atoms with Crippen molar-refractivity contribution in [1.82, 2.24) is 4.31 Å². The largest absolute Gasteiger partial charge is 0.326 e. The molecular weight excluding hydrogens is 244 g/mol. The van der Waals surface area contributed by atoms with E-state index in [0.29, 0.717) is 23.2 Å². The van der Waals surface area contributed by atoms with Gasteiger partial charge in [-0.25, -0.2) is 8.42 Å². The van der Waals surface area contributed by atoms with Crippen molar-refractivity contribution < 1.29 is 8.42 Å². The van der Waals surface area contributed by atoms with Gasteiger partial charge in [0.05, 0.1) is 0 Å². The number of sulfonamides is 1. The fourth-order valence-electron chi connectivity index (χ4n) is 1.36. The minimum Gasteiger partial charge on any atom is -0.326 e. The van der Waals surface area contributed by atoms with Gasteiger partial charge in [0, 0.05) is 20.1 Å². The van der Waals surface area contributed by atoms with E-state index in [2.05, 4.69) is 0 Å². The van der Waals surface area contributed by atoms with Crippen LogP contribution >= 0.6 is 11.3 Å². The number of hydrogen-bond acceptors (Lipinski definition) is 4. The van der Waals surface area contributed by atoms with Crippen LogP contribution in [0.15, 0.2) is 15.7 Å². The lowest BCUT2D eigenvalue weighted by Crippen LogP contribution is -2.29. The second-order valence-corrected chi connectivity index (χ2v) is 7.34. The Morgan fingerprint density at radius 2 is 2.12 bits per heavy atom. The molecule has 0 fully saturated rings. The first kappa shape index (κ1) is 13.6. The van der Waals surface area contributed by atoms with Crippen LogP contribution in [0.3, 0.4) is 0 Å². The van der Waals surface area contributed by atoms with Crippen molar-refractivity contribution in [2.24, 2.45) is 11.7 Å². The average Bonchev–Trinajstić information content (AvgIpc) is 2.65. The van der Waals surface area contributed by atoms with E-state index in [-0.39, 0.29) is 0 Å². The standard InChI is InChI=1S/C10H18N2O2S2/c1-8(2)6-12(3)16(13,14)10-4-9(5-11)7-15-10/h4,7-8H,5-6,11H2,1-3H3. The van der Waals surface area contributed by atoms with E-state index in [4.69, 9.17) is 5.73 Å². The number of thiophene rings is 1. The Hall–Kier alpha value is -0.430. The second kappa shape index (κ2) is 5.27. The monoisotopic (exact) mass is 262 g/mol. The lowest BCUT2D eigenvalue weighted by Gasteiger charge is -2.17. The molecule has 0 aliphatic rings. The van der Waals surface area contributed by atoms with Gasteiger partial charge in [0.1, 0.15) is 4.21 Å². The normalized spacial score (nSPS) is 12.6. The lowest BCUT2D eigenvalue weighted by atomic mass is 10.2. The minimum atomic E-state index is -3.33. The summed E-state index contributed by atoms with van der Waals surface area (Å²) >= 11 is 1.23. The fraction of sp³-hybridized carbons (Fsp3) is 0.600. The Morgan fingerprint density at radius 1 is 1.50 bits per heavy atom. The highest BCUT2D eigenvalue weighted by molar-refractivity contribution is 7.91. The van der Waals surface area contributed by atoms with E-state index >= 15 is 0 Å². The molecule has 0 spiro atoms. The molecule has 0 saturated carbocycles. The van der Waals surface area contributed by atoms with Crippen molar-refractivity contribution in [1.29, 1.82) is 0 Å². The third-order valence-electron chi connectivity index (χ3n) is 2.15. The molecule has 0 unspecified atom stereocenters. The van der Waals surface area contributed by atoms with Crippen LogP contribution < -0.4 is 5.73 Å². The molecule has 1 rings (SSSR count). The van der Waals surface area contributed by atoms with Gasteiger partial charge < -0.3 is 5.73 Å². The Bertz CT molecular complexity index is 437. The second-order valence-electron chi connectivity index (χ2n) is 4.16. The molecule has 0 atom stereocenters. The van der Waals surface area contributed by atoms with E-state index in [1.165, 1.54) is 15.6 Å². The van der Waals surface area contributed by atoms with Gasteiger partial charge in [0.15, 0.2) is 0 Å². The van der Waals surface area contributed by atoms with Gasteiger partial charge >= 0.3 is 0 Å². The van der Waals surface area contributed by atoms with Crippen LogP contribution in [0.2, 0.25) is 0 Å². The van der Waals surface area contributed by atoms with Crippen LogP contribution in [0.1, 0.15) is 19.4 Å². The Balaban J connectivity index is 2.92. The van der Waals surface area contributed by atoms with Gasteiger partial charge in [-0.3, -0.25) is 0 Å². The van der Waals surface area contributed by atoms with Crippen molar-refractivity contribution in [2.45, 2.75) is 24.6 Å². The highest BCUT2D eigenvalue weighted by Gasteiger charge is 2.22. The zero-order chi connectivity index (χ0) is 12.3. The predicted octanol–water partition coefficient (Wildman–Crippen LogP) is 1.48. The molecule has 0 amide bonds. The summed E-state index contributed by atoms with van der Waals surface area (Å²) in [6.45, 7) is 4.88. The highest BCUT2D eigenvalue weighted by atomic mass is 32.2. The first-order valence-corrected chi connectivity index (χ1v) is 7.43. The summed E-state index contributed by atoms with van der Waals surface area (Å²) in [4.78, 5) is 0. The van der Waals surface area contributed by atoms with Crippen LogP contribution in [0, 0.1) is 5.92 Å². The van der Waals surface area contributed by atoms with Gasteiger partial charge in [0.25, 0.3) is 10.0 Å². The topological polar surface area (TPSA) is 63.4 Å². The maximum absolute atomic E-state index is 12.1. The SMILES string of the molecule is CC(C)CN(C)S(=O)(=O)c1cc(CN)cs1. The summed E-state index contributed by atoms with van der Waals surface area (Å²) in [6.07, 6.45) is 0. The predicted molar refractivity (Wildman–Crippen MR) is 66.9 cm³/mol. The molecule has 16 heavy (non-hydrogen) atoms. The molecular formula is C10H18N2O2S2. The Kier molecular flexibility index (Phi) is 4.49. The molecule has 1 aromatic heterocycles. The van der Waals surface area contributed by atoms with Gasteiger partial charge in [-0.2, -0.15) is 4.31 Å². The third kappa shape index (κ3) is 3.04. The quantitative estimate of drug-likeness (QED) is 0.874. The minimum absolute atomic E-state index is 0.314. The zero-order valence-electron chi connectivity index (χ0n) is 9.80. The molecule has 0 saturated heterocycles. The number of rotatable bonds is 5. The summed E-state index contributed by atoms with van der Waals surface area (Å²) in [6, 6.07) is 1.65. The highest BCUT2D eigenvalue weighted by Crippen LogP contribution is 2.23. The van der Waals surface area contributed by atoms with Crippen molar-refractivity contribution in [3.63, 3.8) is 0 Å². The average molecular weight is 262 g/mol. The molecule has 6 heteroatoms. The summed E-state index contributed by atoms with van der Waals surface area (Å²) in [5.41, 5.74) is 6.32. The zero-order valence-corrected chi connectivity index (χ0v) is 11.4. The number of hydrogen-bond donors (Lipinski definition) is 1. The van der Waals surface area contributed by atoms with Crippen LogP contribution in [0.5, 0.6) is 0 Å². The molecule has 92 valence electrons. The molecule has 0 radical (unpaired) electrons. The molecule has 1 heterocycles. The Labute approximate surface area is 101 Å². The first-order valence-electron chi connectivity index (χ1n) is 5.11. The van der Waals surface area contributed by atoms with E-state index in [1.54, 1.807) is 18.5 Å².